The van der Waals surface area contributed by atoms with E-state index in [0.717, 1.165) is 47.6 Å². The highest BCUT2D eigenvalue weighted by Gasteiger charge is 2.25. The molecule has 10 rings (SSSR count). The van der Waals surface area contributed by atoms with Crippen molar-refractivity contribution in [2.75, 3.05) is 14.7 Å². The summed E-state index contributed by atoms with van der Waals surface area (Å²) in [5.41, 5.74) is 16.9. The molecule has 7 aromatic carbocycles. The predicted molar refractivity (Wildman–Crippen MR) is 300 cm³/mol. The van der Waals surface area contributed by atoms with E-state index in [1.165, 1.54) is 56.0 Å². The van der Waals surface area contributed by atoms with Crippen molar-refractivity contribution in [3.05, 3.63) is 266 Å². The van der Waals surface area contributed by atoms with Gasteiger partial charge in [-0.1, -0.05) is 174 Å². The van der Waals surface area contributed by atoms with E-state index in [1.807, 2.05) is 39.8 Å². The van der Waals surface area contributed by atoms with Gasteiger partial charge >= 0.3 is 0 Å². The van der Waals surface area contributed by atoms with Gasteiger partial charge in [-0.25, -0.2) is 0 Å². The normalized spacial score (nSPS) is 14.9. The molecule has 0 saturated heterocycles. The number of hydrogen-bond donors (Lipinski definition) is 0. The van der Waals surface area contributed by atoms with Gasteiger partial charge in [-0.2, -0.15) is 0 Å². The van der Waals surface area contributed by atoms with E-state index in [9.17, 15) is 0 Å². The fraction of sp³-hybridized carbons (Fsp3) is 0.138. The van der Waals surface area contributed by atoms with Gasteiger partial charge < -0.3 is 19.3 Å². The molecule has 1 aromatic heterocycles. The van der Waals surface area contributed by atoms with Crippen LogP contribution in [0.4, 0.5) is 34.1 Å². The van der Waals surface area contributed by atoms with Crippen molar-refractivity contribution in [3.63, 3.8) is 0 Å². The van der Waals surface area contributed by atoms with Crippen LogP contribution in [0.1, 0.15) is 57.9 Å². The van der Waals surface area contributed by atoms with Crippen molar-refractivity contribution in [1.82, 2.24) is 4.57 Å². The zero-order valence-corrected chi connectivity index (χ0v) is 40.8. The SMILES string of the molecule is C=C/C=C\C=C/N(c1ccc(-c2ccc(N(C3=Cc4c(n(-c5ccccc5)c5ccccc45)CC3)c3ccccc3)cc2)cc1)c1ccc2c(c1)C/C=C\C=C/C(C)N2c1ccccc1.CC.CC. The van der Waals surface area contributed by atoms with Crippen molar-refractivity contribution >= 4 is 51.1 Å². The van der Waals surface area contributed by atoms with Crippen LogP contribution in [0.15, 0.2) is 249 Å². The Morgan fingerprint density at radius 3 is 1.84 bits per heavy atom. The van der Waals surface area contributed by atoms with Crippen LogP contribution in [0.3, 0.4) is 0 Å². The van der Waals surface area contributed by atoms with E-state index in [0.29, 0.717) is 0 Å². The predicted octanol–water partition coefficient (Wildman–Crippen LogP) is 18.1. The van der Waals surface area contributed by atoms with Gasteiger partial charge in [0.2, 0.25) is 0 Å². The average Bonchev–Trinajstić information content (AvgIpc) is 3.78. The molecule has 0 fully saturated rings. The largest absolute Gasteiger partial charge is 0.335 e. The molecular weight excluding hydrogens is 837 g/mol. The van der Waals surface area contributed by atoms with Crippen LogP contribution in [0, 0.1) is 0 Å². The number of benzene rings is 7. The minimum atomic E-state index is 0.180. The van der Waals surface area contributed by atoms with Crippen molar-refractivity contribution in [1.29, 1.82) is 0 Å². The Bertz CT molecular complexity index is 3080. The number of aromatic nitrogens is 1. The van der Waals surface area contributed by atoms with Gasteiger partial charge in [0.1, 0.15) is 0 Å². The zero-order chi connectivity index (χ0) is 48.0. The van der Waals surface area contributed by atoms with Gasteiger partial charge in [-0.05, 0) is 140 Å². The maximum absolute atomic E-state index is 3.87. The fourth-order valence-electron chi connectivity index (χ4n) is 9.42. The van der Waals surface area contributed by atoms with E-state index in [1.54, 1.807) is 6.08 Å². The third-order valence-electron chi connectivity index (χ3n) is 12.5. The van der Waals surface area contributed by atoms with Crippen molar-refractivity contribution in [3.8, 4) is 16.8 Å². The second kappa shape index (κ2) is 23.1. The molecule has 0 radical (unpaired) electrons. The highest BCUT2D eigenvalue weighted by molar-refractivity contribution is 5.95. The Kier molecular flexibility index (Phi) is 15.9. The van der Waals surface area contributed by atoms with E-state index in [-0.39, 0.29) is 6.04 Å². The minimum Gasteiger partial charge on any atom is -0.335 e. The number of allylic oxidation sites excluding steroid dienone is 8. The lowest BCUT2D eigenvalue weighted by Gasteiger charge is -2.32. The van der Waals surface area contributed by atoms with Crippen LogP contribution in [0.2, 0.25) is 0 Å². The van der Waals surface area contributed by atoms with Crippen LogP contribution in [0.5, 0.6) is 0 Å². The van der Waals surface area contributed by atoms with Crippen molar-refractivity contribution in [2.45, 2.75) is 59.9 Å². The Hall–Kier alpha value is -8.08. The molecular formula is C65H64N4. The molecule has 8 aromatic rings. The molecule has 1 aliphatic heterocycles. The summed E-state index contributed by atoms with van der Waals surface area (Å²) >= 11 is 0. The summed E-state index contributed by atoms with van der Waals surface area (Å²) in [4.78, 5) is 7.14. The third-order valence-corrected chi connectivity index (χ3v) is 12.5. The number of fused-ring (bicyclic) bond motifs is 4. The second-order valence-electron chi connectivity index (χ2n) is 16.6. The van der Waals surface area contributed by atoms with Crippen LogP contribution >= 0.6 is 0 Å². The van der Waals surface area contributed by atoms with Crippen LogP contribution in [0.25, 0.3) is 33.8 Å². The monoisotopic (exact) mass is 901 g/mol. The molecule has 0 bridgehead atoms. The van der Waals surface area contributed by atoms with E-state index in [2.05, 4.69) is 257 Å². The first-order valence-electron chi connectivity index (χ1n) is 24.6. The van der Waals surface area contributed by atoms with E-state index in [4.69, 9.17) is 0 Å². The lowest BCUT2D eigenvalue weighted by molar-refractivity contribution is 0.838. The van der Waals surface area contributed by atoms with Crippen LogP contribution in [-0.4, -0.2) is 10.6 Å². The summed E-state index contributed by atoms with van der Waals surface area (Å²) in [6.45, 7) is 14.1. The Labute approximate surface area is 411 Å². The topological polar surface area (TPSA) is 14.7 Å². The highest BCUT2D eigenvalue weighted by Crippen LogP contribution is 2.42. The van der Waals surface area contributed by atoms with Gasteiger partial charge in [0, 0.05) is 74.4 Å². The summed E-state index contributed by atoms with van der Waals surface area (Å²) in [7, 11) is 0. The molecule has 2 aliphatic rings. The Balaban J connectivity index is 0.00000156. The summed E-state index contributed by atoms with van der Waals surface area (Å²) in [5.74, 6) is 0. The summed E-state index contributed by atoms with van der Waals surface area (Å²) in [6.07, 6.45) is 23.9. The molecule has 2 heterocycles. The van der Waals surface area contributed by atoms with Crippen molar-refractivity contribution in [2.24, 2.45) is 0 Å². The lowest BCUT2D eigenvalue weighted by Crippen LogP contribution is -2.27. The molecule has 0 N–H and O–H groups in total. The number of nitrogens with zero attached hydrogens (tertiary/aromatic N) is 4. The first kappa shape index (κ1) is 47.4. The van der Waals surface area contributed by atoms with Crippen LogP contribution in [-0.2, 0) is 12.8 Å². The number of anilines is 6. The number of rotatable bonds is 11. The molecule has 1 unspecified atom stereocenters. The average molecular weight is 901 g/mol. The lowest BCUT2D eigenvalue weighted by atomic mass is 9.97. The van der Waals surface area contributed by atoms with Gasteiger partial charge in [0.25, 0.3) is 0 Å². The summed E-state index contributed by atoms with van der Waals surface area (Å²) in [6, 6.07) is 66.0. The minimum absolute atomic E-state index is 0.180. The Morgan fingerprint density at radius 2 is 1.16 bits per heavy atom. The molecule has 1 aliphatic carbocycles. The number of hydrogen-bond acceptors (Lipinski definition) is 3. The third kappa shape index (κ3) is 10.4. The molecule has 0 amide bonds. The molecule has 0 spiro atoms. The highest BCUT2D eigenvalue weighted by atomic mass is 15.2. The van der Waals surface area contributed by atoms with E-state index < -0.39 is 0 Å². The molecule has 69 heavy (non-hydrogen) atoms. The molecule has 0 saturated carbocycles. The molecule has 1 atom stereocenters. The first-order valence-corrected chi connectivity index (χ1v) is 24.6. The maximum Gasteiger partial charge on any atom is 0.0537 e. The van der Waals surface area contributed by atoms with Gasteiger partial charge in [0.05, 0.1) is 5.52 Å². The second-order valence-corrected chi connectivity index (χ2v) is 16.6. The van der Waals surface area contributed by atoms with Crippen molar-refractivity contribution < 1.29 is 0 Å². The maximum atomic E-state index is 3.87. The Morgan fingerprint density at radius 1 is 0.565 bits per heavy atom. The first-order chi connectivity index (χ1) is 34.1. The smallest absolute Gasteiger partial charge is 0.0537 e. The van der Waals surface area contributed by atoms with E-state index >= 15 is 0 Å². The van der Waals surface area contributed by atoms with Gasteiger partial charge in [-0.15, -0.1) is 0 Å². The fourth-order valence-corrected chi connectivity index (χ4v) is 9.42. The summed E-state index contributed by atoms with van der Waals surface area (Å²) < 4.78 is 2.45. The molecule has 4 nitrogen and oxygen atoms in total. The van der Waals surface area contributed by atoms with Gasteiger partial charge in [0.15, 0.2) is 0 Å². The molecule has 344 valence electrons. The standard InChI is InChI=1S/C61H52N4.2C2H6/c1-3-4-5-20-43-62(55-39-41-59-49(44-55)22-11-6-10-21-46(2)63(59)51-23-12-7-13-24-51)50-35-31-47(32-36-50)48-33-37-54(38-34-48)64(52-25-14-8-15-26-52)56-40-42-61-58(45-56)57-29-18-19-30-60(57)65(61)53-27-16-9-17-28-53;2*1-2/h3-21,23-39,41,43-46H,1,22,40,42H2,2H3;2*1-2H3/b5-4-,11-6-,21-10-,43-20-;;. The zero-order valence-electron chi connectivity index (χ0n) is 40.8. The van der Waals surface area contributed by atoms with Crippen LogP contribution < -0.4 is 14.7 Å². The number of para-hydroxylation sites is 4. The quantitative estimate of drug-likeness (QED) is 0.120. The molecule has 4 heteroatoms. The van der Waals surface area contributed by atoms with Gasteiger partial charge in [-0.3, -0.25) is 0 Å². The summed E-state index contributed by atoms with van der Waals surface area (Å²) in [5, 5.41) is 1.28.